The number of primary amides is 1. The molecule has 128 valence electrons. The highest BCUT2D eigenvalue weighted by molar-refractivity contribution is 7.89. The fourth-order valence-corrected chi connectivity index (χ4v) is 2.76. The number of nitrogens with one attached hydrogen (secondary N) is 1. The molecule has 10 heteroatoms. The highest BCUT2D eigenvalue weighted by Crippen LogP contribution is 2.12. The zero-order valence-electron chi connectivity index (χ0n) is 12.4. The number of amides is 1. The zero-order chi connectivity index (χ0) is 17.8. The van der Waals surface area contributed by atoms with Crippen LogP contribution in [0.15, 0.2) is 29.2 Å². The summed E-state index contributed by atoms with van der Waals surface area (Å²) >= 11 is 0. The lowest BCUT2D eigenvalue weighted by Crippen LogP contribution is -2.49. The molecule has 0 heterocycles. The van der Waals surface area contributed by atoms with E-state index in [-0.39, 0.29) is 4.90 Å². The van der Waals surface area contributed by atoms with Crippen molar-refractivity contribution in [2.45, 2.75) is 37.0 Å². The van der Waals surface area contributed by atoms with E-state index in [9.17, 15) is 27.5 Å². The van der Waals surface area contributed by atoms with Crippen molar-refractivity contribution in [3.8, 4) is 0 Å². The monoisotopic (exact) mass is 348 g/mol. The van der Waals surface area contributed by atoms with Crippen LogP contribution in [0.5, 0.6) is 0 Å². The molecule has 0 fully saturated rings. The van der Waals surface area contributed by atoms with Crippen molar-refractivity contribution in [3.05, 3.63) is 30.1 Å². The Hall–Kier alpha value is -2.04. The molecule has 1 aromatic rings. The maximum atomic E-state index is 12.8. The second kappa shape index (κ2) is 7.49. The fourth-order valence-electron chi connectivity index (χ4n) is 1.50. The normalized spacial score (nSPS) is 15.5. The van der Waals surface area contributed by atoms with E-state index in [1.54, 1.807) is 0 Å². The Morgan fingerprint density at radius 2 is 1.78 bits per heavy atom. The number of aliphatic hydroxyl groups excluding tert-OH is 1. The molecule has 0 aromatic heterocycles. The predicted molar refractivity (Wildman–Crippen MR) is 76.9 cm³/mol. The Balaban J connectivity index is 2.97. The standard InChI is InChI=1S/C13H17FN2O6S/c1-7(17)11(13(19)22-8(2)12(15)18)16-23(20,21)10-5-3-9(14)4-6-10/h3-8,11,16-17H,1-2H3,(H2,15,18)/t7-,8+,11+/m1/s1. The van der Waals surface area contributed by atoms with E-state index in [1.807, 2.05) is 4.72 Å². The summed E-state index contributed by atoms with van der Waals surface area (Å²) < 4.78 is 43.7. The van der Waals surface area contributed by atoms with E-state index in [0.717, 1.165) is 31.2 Å². The Labute approximate surface area is 132 Å². The van der Waals surface area contributed by atoms with Crippen LogP contribution in [0, 0.1) is 5.82 Å². The first-order chi connectivity index (χ1) is 10.5. The van der Waals surface area contributed by atoms with Gasteiger partial charge in [-0.15, -0.1) is 0 Å². The summed E-state index contributed by atoms with van der Waals surface area (Å²) in [5.74, 6) is -2.73. The highest BCUT2D eigenvalue weighted by Gasteiger charge is 2.32. The van der Waals surface area contributed by atoms with Gasteiger partial charge in [-0.3, -0.25) is 9.59 Å². The number of esters is 1. The molecule has 4 N–H and O–H groups in total. The molecule has 0 radical (unpaired) electrons. The van der Waals surface area contributed by atoms with Gasteiger partial charge in [-0.2, -0.15) is 4.72 Å². The first-order valence-corrected chi connectivity index (χ1v) is 7.98. The van der Waals surface area contributed by atoms with Gasteiger partial charge in [0, 0.05) is 0 Å². The fraction of sp³-hybridized carbons (Fsp3) is 0.385. The Kier molecular flexibility index (Phi) is 6.19. The number of hydrogen-bond acceptors (Lipinski definition) is 6. The van der Waals surface area contributed by atoms with Gasteiger partial charge in [0.05, 0.1) is 11.0 Å². The van der Waals surface area contributed by atoms with Crippen LogP contribution in [0.4, 0.5) is 4.39 Å². The van der Waals surface area contributed by atoms with Gasteiger partial charge in [0.15, 0.2) is 6.10 Å². The van der Waals surface area contributed by atoms with Crippen LogP contribution in [0.2, 0.25) is 0 Å². The van der Waals surface area contributed by atoms with Crippen molar-refractivity contribution < 1.29 is 32.2 Å². The number of carbonyl (C=O) groups is 2. The third kappa shape index (κ3) is 5.27. The van der Waals surface area contributed by atoms with E-state index in [0.29, 0.717) is 0 Å². The van der Waals surface area contributed by atoms with E-state index in [2.05, 4.69) is 4.74 Å². The van der Waals surface area contributed by atoms with Crippen molar-refractivity contribution in [2.24, 2.45) is 5.73 Å². The summed E-state index contributed by atoms with van der Waals surface area (Å²) in [7, 11) is -4.22. The SMILES string of the molecule is C[C@H](OC(=O)[C@@H](NS(=O)(=O)c1ccc(F)cc1)[C@@H](C)O)C(N)=O. The molecular weight excluding hydrogens is 331 g/mol. The zero-order valence-corrected chi connectivity index (χ0v) is 13.2. The molecule has 1 rings (SSSR count). The van der Waals surface area contributed by atoms with Gasteiger partial charge < -0.3 is 15.6 Å². The molecule has 23 heavy (non-hydrogen) atoms. The van der Waals surface area contributed by atoms with Gasteiger partial charge in [0.1, 0.15) is 11.9 Å². The first kappa shape index (κ1) is 19.0. The van der Waals surface area contributed by atoms with Gasteiger partial charge >= 0.3 is 5.97 Å². The second-order valence-electron chi connectivity index (χ2n) is 4.77. The number of sulfonamides is 1. The second-order valence-corrected chi connectivity index (χ2v) is 6.49. The van der Waals surface area contributed by atoms with Crippen LogP contribution < -0.4 is 10.5 Å². The maximum Gasteiger partial charge on any atom is 0.327 e. The summed E-state index contributed by atoms with van der Waals surface area (Å²) in [5.41, 5.74) is 4.94. The number of hydrogen-bond donors (Lipinski definition) is 3. The minimum Gasteiger partial charge on any atom is -0.451 e. The number of aliphatic hydroxyl groups is 1. The number of halogens is 1. The van der Waals surface area contributed by atoms with Crippen LogP contribution in [-0.4, -0.2) is 43.7 Å². The van der Waals surface area contributed by atoms with Crippen LogP contribution in [0.3, 0.4) is 0 Å². The summed E-state index contributed by atoms with van der Waals surface area (Å²) in [6.07, 6.45) is -2.74. The van der Waals surface area contributed by atoms with Crippen molar-refractivity contribution in [2.75, 3.05) is 0 Å². The third-order valence-corrected chi connectivity index (χ3v) is 4.29. The maximum absolute atomic E-state index is 12.8. The molecule has 1 amide bonds. The summed E-state index contributed by atoms with van der Waals surface area (Å²) in [5, 5.41) is 9.58. The highest BCUT2D eigenvalue weighted by atomic mass is 32.2. The molecule has 0 spiro atoms. The number of rotatable bonds is 7. The average molecular weight is 348 g/mol. The lowest BCUT2D eigenvalue weighted by Gasteiger charge is -2.21. The lowest BCUT2D eigenvalue weighted by atomic mass is 10.2. The molecule has 0 saturated carbocycles. The number of carbonyl (C=O) groups excluding carboxylic acids is 2. The van der Waals surface area contributed by atoms with Crippen molar-refractivity contribution in [1.82, 2.24) is 4.72 Å². The molecule has 0 bridgehead atoms. The Bertz CT molecular complexity index is 674. The van der Waals surface area contributed by atoms with E-state index >= 15 is 0 Å². The summed E-state index contributed by atoms with van der Waals surface area (Å²) in [6.45, 7) is 2.36. The van der Waals surface area contributed by atoms with E-state index < -0.39 is 46.0 Å². The number of benzene rings is 1. The molecule has 0 aliphatic heterocycles. The first-order valence-electron chi connectivity index (χ1n) is 6.50. The minimum absolute atomic E-state index is 0.305. The number of ether oxygens (including phenoxy) is 1. The van der Waals surface area contributed by atoms with Gasteiger partial charge in [-0.1, -0.05) is 0 Å². The predicted octanol–water partition coefficient (Wildman–Crippen LogP) is -0.730. The molecule has 8 nitrogen and oxygen atoms in total. The lowest BCUT2D eigenvalue weighted by molar-refractivity contribution is -0.157. The minimum atomic E-state index is -4.22. The van der Waals surface area contributed by atoms with Crippen LogP contribution >= 0.6 is 0 Å². The topological polar surface area (TPSA) is 136 Å². The van der Waals surface area contributed by atoms with Gasteiger partial charge in [-0.05, 0) is 38.1 Å². The van der Waals surface area contributed by atoms with Gasteiger partial charge in [0.2, 0.25) is 10.0 Å². The van der Waals surface area contributed by atoms with Gasteiger partial charge in [0.25, 0.3) is 5.91 Å². The van der Waals surface area contributed by atoms with Crippen molar-refractivity contribution in [3.63, 3.8) is 0 Å². The number of nitrogens with two attached hydrogens (primary N) is 1. The molecular formula is C13H17FN2O6S. The summed E-state index contributed by atoms with van der Waals surface area (Å²) in [4.78, 5) is 22.5. The van der Waals surface area contributed by atoms with Gasteiger partial charge in [-0.25, -0.2) is 12.8 Å². The van der Waals surface area contributed by atoms with E-state index in [1.165, 1.54) is 6.92 Å². The molecule has 0 saturated heterocycles. The quantitative estimate of drug-likeness (QED) is 0.556. The van der Waals surface area contributed by atoms with E-state index in [4.69, 9.17) is 5.73 Å². The third-order valence-electron chi connectivity index (χ3n) is 2.84. The smallest absolute Gasteiger partial charge is 0.327 e. The Morgan fingerprint density at radius 3 is 2.22 bits per heavy atom. The molecule has 1 aromatic carbocycles. The van der Waals surface area contributed by atoms with Crippen molar-refractivity contribution >= 4 is 21.9 Å². The van der Waals surface area contributed by atoms with Crippen LogP contribution in [0.25, 0.3) is 0 Å². The molecule has 3 atom stereocenters. The summed E-state index contributed by atoms with van der Waals surface area (Å²) in [6, 6.07) is 2.19. The average Bonchev–Trinajstić information content (AvgIpc) is 2.44. The largest absolute Gasteiger partial charge is 0.451 e. The van der Waals surface area contributed by atoms with Crippen molar-refractivity contribution in [1.29, 1.82) is 0 Å². The molecule has 0 aliphatic carbocycles. The molecule has 0 aliphatic rings. The van der Waals surface area contributed by atoms with Crippen LogP contribution in [0.1, 0.15) is 13.8 Å². The van der Waals surface area contributed by atoms with Crippen LogP contribution in [-0.2, 0) is 24.3 Å². The Morgan fingerprint density at radius 1 is 1.26 bits per heavy atom. The molecule has 0 unspecified atom stereocenters.